The fourth-order valence-corrected chi connectivity index (χ4v) is 12.9. The quantitative estimate of drug-likeness (QED) is 0.0169. The number of hydrogen-bond acceptors (Lipinski definition) is 15. The SMILES string of the molecule is CCCCCC/C=C\C=C/CCCCCCCC(=O)OC[C@H](COP(=O)(O)OC[C@@H](O)COP(=O)(O)OC[C@@H](COC(=O)CCCCCCCCCC(C)C)OC(=O)CCCCCCCCCCCCCCCC)OC(=O)CCCCCCCCCCCCCCCCC(C)C. The van der Waals surface area contributed by atoms with E-state index < -0.39 is 97.5 Å². The molecule has 566 valence electrons. The van der Waals surface area contributed by atoms with Gasteiger partial charge < -0.3 is 33.8 Å². The standard InChI is InChI=1S/C77H146O17P2/c1-7-9-11-13-15-17-19-21-23-28-31-35-41-47-53-59-74(79)87-65-72(93-76(81)62-56-50-43-37-33-29-25-24-26-30-34-39-45-51-57-69(3)4)67-91-95(83,84)89-63-71(78)64-90-96(85,86)92-68-73(66-88-75(80)60-54-48-44-38-40-46-52-58-70(5)6)94-77(82)61-55-49-42-36-32-27-22-20-18-16-14-12-10-8-2/h17,19,21,23,69-73,78H,7-16,18,20,22,24-68H2,1-6H3,(H,83,84)(H,85,86)/b19-17-,23-21-/t71-,72-,73-/m1/s1. The van der Waals surface area contributed by atoms with Crippen molar-refractivity contribution in [1.82, 2.24) is 0 Å². The van der Waals surface area contributed by atoms with Gasteiger partial charge in [0.1, 0.15) is 19.3 Å². The maximum atomic E-state index is 13.1. The van der Waals surface area contributed by atoms with E-state index in [1.807, 2.05) is 0 Å². The van der Waals surface area contributed by atoms with Gasteiger partial charge in [-0.3, -0.25) is 37.3 Å². The number of phosphoric acid groups is 2. The molecule has 17 nitrogen and oxygen atoms in total. The van der Waals surface area contributed by atoms with Crippen molar-refractivity contribution in [2.45, 2.75) is 394 Å². The van der Waals surface area contributed by atoms with Gasteiger partial charge in [0.05, 0.1) is 26.4 Å². The fourth-order valence-electron chi connectivity index (χ4n) is 11.3. The highest BCUT2D eigenvalue weighted by molar-refractivity contribution is 7.47. The van der Waals surface area contributed by atoms with Gasteiger partial charge >= 0.3 is 39.5 Å². The van der Waals surface area contributed by atoms with E-state index in [1.54, 1.807) is 0 Å². The number of phosphoric ester groups is 2. The summed E-state index contributed by atoms with van der Waals surface area (Å²) < 4.78 is 68.5. The molecule has 0 saturated heterocycles. The first-order valence-electron chi connectivity index (χ1n) is 39.3. The van der Waals surface area contributed by atoms with Crippen molar-refractivity contribution >= 4 is 39.5 Å². The highest BCUT2D eigenvalue weighted by atomic mass is 31.2. The molecular weight excluding hydrogens is 1260 g/mol. The highest BCUT2D eigenvalue weighted by Crippen LogP contribution is 2.45. The predicted molar refractivity (Wildman–Crippen MR) is 391 cm³/mol. The topological polar surface area (TPSA) is 237 Å². The van der Waals surface area contributed by atoms with Crippen LogP contribution in [0.2, 0.25) is 0 Å². The van der Waals surface area contributed by atoms with Gasteiger partial charge in [-0.1, -0.05) is 323 Å². The average Bonchev–Trinajstić information content (AvgIpc) is 1.08. The lowest BCUT2D eigenvalue weighted by molar-refractivity contribution is -0.161. The number of esters is 4. The van der Waals surface area contributed by atoms with Crippen molar-refractivity contribution in [2.75, 3.05) is 39.6 Å². The largest absolute Gasteiger partial charge is 0.472 e. The fraction of sp³-hybridized carbons (Fsp3) is 0.896. The lowest BCUT2D eigenvalue weighted by Gasteiger charge is -2.21. The molecule has 3 N–H and O–H groups in total. The first kappa shape index (κ1) is 93.5. The first-order valence-corrected chi connectivity index (χ1v) is 42.3. The van der Waals surface area contributed by atoms with Gasteiger partial charge in [0.25, 0.3) is 0 Å². The Bertz CT molecular complexity index is 1950. The summed E-state index contributed by atoms with van der Waals surface area (Å²) in [5.41, 5.74) is 0. The maximum Gasteiger partial charge on any atom is 0.472 e. The smallest absolute Gasteiger partial charge is 0.462 e. The van der Waals surface area contributed by atoms with Gasteiger partial charge in [-0.25, -0.2) is 9.13 Å². The number of allylic oxidation sites excluding steroid dienone is 4. The molecule has 0 aliphatic rings. The third-order valence-electron chi connectivity index (χ3n) is 17.3. The molecular formula is C77H146O17P2. The third kappa shape index (κ3) is 70.0. The molecule has 96 heavy (non-hydrogen) atoms. The summed E-state index contributed by atoms with van der Waals surface area (Å²) in [7, 11) is -9.92. The first-order chi connectivity index (χ1) is 46.4. The second-order valence-corrected chi connectivity index (χ2v) is 30.9. The summed E-state index contributed by atoms with van der Waals surface area (Å²) in [6, 6.07) is 0. The third-order valence-corrected chi connectivity index (χ3v) is 19.2. The lowest BCUT2D eigenvalue weighted by atomic mass is 10.0. The number of ether oxygens (including phenoxy) is 4. The summed E-state index contributed by atoms with van der Waals surface area (Å²) >= 11 is 0. The molecule has 0 amide bonds. The van der Waals surface area contributed by atoms with Crippen molar-refractivity contribution < 1.29 is 80.2 Å². The van der Waals surface area contributed by atoms with Crippen LogP contribution >= 0.6 is 15.6 Å². The molecule has 0 aromatic rings. The van der Waals surface area contributed by atoms with E-state index in [0.717, 1.165) is 121 Å². The number of rotatable bonds is 74. The van der Waals surface area contributed by atoms with E-state index in [2.05, 4.69) is 65.8 Å². The zero-order valence-corrected chi connectivity index (χ0v) is 63.9. The van der Waals surface area contributed by atoms with Crippen molar-refractivity contribution in [1.29, 1.82) is 0 Å². The Morgan fingerprint density at radius 3 is 0.854 bits per heavy atom. The molecule has 0 aromatic carbocycles. The molecule has 0 fully saturated rings. The van der Waals surface area contributed by atoms with Crippen molar-refractivity contribution in [2.24, 2.45) is 11.8 Å². The van der Waals surface area contributed by atoms with Gasteiger partial charge in [-0.05, 0) is 63.2 Å². The Morgan fingerprint density at radius 2 is 0.562 bits per heavy atom. The van der Waals surface area contributed by atoms with Crippen LogP contribution in [0.3, 0.4) is 0 Å². The van der Waals surface area contributed by atoms with Crippen LogP contribution in [0.5, 0.6) is 0 Å². The molecule has 0 saturated carbocycles. The summed E-state index contributed by atoms with van der Waals surface area (Å²) in [5.74, 6) is -0.648. The zero-order valence-electron chi connectivity index (χ0n) is 62.2. The predicted octanol–water partition coefficient (Wildman–Crippen LogP) is 22.3. The minimum Gasteiger partial charge on any atom is -0.462 e. The molecule has 19 heteroatoms. The molecule has 0 bridgehead atoms. The van der Waals surface area contributed by atoms with Gasteiger partial charge in [-0.2, -0.15) is 0 Å². The van der Waals surface area contributed by atoms with Crippen molar-refractivity contribution in [3.8, 4) is 0 Å². The second kappa shape index (κ2) is 68.3. The molecule has 0 spiro atoms. The van der Waals surface area contributed by atoms with Crippen molar-refractivity contribution in [3.05, 3.63) is 24.3 Å². The highest BCUT2D eigenvalue weighted by Gasteiger charge is 2.30. The second-order valence-electron chi connectivity index (χ2n) is 28.0. The van der Waals surface area contributed by atoms with Gasteiger partial charge in [0, 0.05) is 25.7 Å². The van der Waals surface area contributed by atoms with E-state index >= 15 is 0 Å². The van der Waals surface area contributed by atoms with E-state index in [-0.39, 0.29) is 25.7 Å². The normalized spacial score (nSPS) is 14.2. The lowest BCUT2D eigenvalue weighted by Crippen LogP contribution is -2.30. The molecule has 0 aliphatic heterocycles. The summed E-state index contributed by atoms with van der Waals surface area (Å²) in [4.78, 5) is 72.8. The number of hydrogen-bond donors (Lipinski definition) is 3. The Balaban J connectivity index is 5.28. The Labute approximate surface area is 586 Å². The minimum absolute atomic E-state index is 0.101. The number of carbonyl (C=O) groups is 4. The summed E-state index contributed by atoms with van der Waals surface area (Å²) in [6.07, 6.45) is 59.1. The van der Waals surface area contributed by atoms with E-state index in [4.69, 9.17) is 37.0 Å². The van der Waals surface area contributed by atoms with Crippen LogP contribution in [0, 0.1) is 11.8 Å². The van der Waals surface area contributed by atoms with Crippen LogP contribution in [-0.4, -0.2) is 96.7 Å². The zero-order chi connectivity index (χ0) is 70.7. The average molecular weight is 1410 g/mol. The maximum absolute atomic E-state index is 13.1. The molecule has 2 unspecified atom stereocenters. The number of unbranched alkanes of at least 4 members (excludes halogenated alkanes) is 41. The molecule has 5 atom stereocenters. The van der Waals surface area contributed by atoms with Gasteiger partial charge in [0.2, 0.25) is 0 Å². The van der Waals surface area contributed by atoms with Crippen molar-refractivity contribution in [3.63, 3.8) is 0 Å². The Morgan fingerprint density at radius 1 is 0.323 bits per heavy atom. The van der Waals surface area contributed by atoms with E-state index in [9.17, 15) is 43.2 Å². The molecule has 0 aromatic heterocycles. The molecule has 0 rings (SSSR count). The van der Waals surface area contributed by atoms with Gasteiger partial charge in [0.15, 0.2) is 12.2 Å². The van der Waals surface area contributed by atoms with Crippen LogP contribution in [0.15, 0.2) is 24.3 Å². The summed E-state index contributed by atoms with van der Waals surface area (Å²) in [5, 5.41) is 10.6. The van der Waals surface area contributed by atoms with Crippen LogP contribution in [0.1, 0.15) is 375 Å². The minimum atomic E-state index is -4.97. The van der Waals surface area contributed by atoms with Crippen LogP contribution in [-0.2, 0) is 65.4 Å². The summed E-state index contributed by atoms with van der Waals surface area (Å²) in [6.45, 7) is 9.50. The Kier molecular flexibility index (Phi) is 66.6. The number of aliphatic hydroxyl groups is 1. The van der Waals surface area contributed by atoms with E-state index in [1.165, 1.54) is 167 Å². The molecule has 0 heterocycles. The Hall–Kier alpha value is -2.46. The van der Waals surface area contributed by atoms with Crippen LogP contribution in [0.25, 0.3) is 0 Å². The van der Waals surface area contributed by atoms with E-state index in [0.29, 0.717) is 31.6 Å². The monoisotopic (exact) mass is 1410 g/mol. The molecule has 0 radical (unpaired) electrons. The number of carbonyl (C=O) groups excluding carboxylic acids is 4. The van der Waals surface area contributed by atoms with Crippen LogP contribution < -0.4 is 0 Å². The molecule has 0 aliphatic carbocycles. The number of aliphatic hydroxyl groups excluding tert-OH is 1. The van der Waals surface area contributed by atoms with Crippen LogP contribution in [0.4, 0.5) is 0 Å². The van der Waals surface area contributed by atoms with Gasteiger partial charge in [-0.15, -0.1) is 0 Å².